The van der Waals surface area contributed by atoms with Crippen LogP contribution in [0.15, 0.2) is 29.9 Å². The third-order valence-corrected chi connectivity index (χ3v) is 4.43. The summed E-state index contributed by atoms with van der Waals surface area (Å²) in [7, 11) is 0. The molecule has 0 aliphatic heterocycles. The van der Waals surface area contributed by atoms with E-state index in [2.05, 4.69) is 25.0 Å². The summed E-state index contributed by atoms with van der Waals surface area (Å²) in [4.78, 5) is 8.46. The van der Waals surface area contributed by atoms with Gasteiger partial charge >= 0.3 is 0 Å². The summed E-state index contributed by atoms with van der Waals surface area (Å²) < 4.78 is 4.23. The molecule has 0 bridgehead atoms. The van der Waals surface area contributed by atoms with Crippen molar-refractivity contribution in [3.63, 3.8) is 0 Å². The number of anilines is 2. The second-order valence-corrected chi connectivity index (χ2v) is 6.05. The molecule has 0 aromatic carbocycles. The van der Waals surface area contributed by atoms with Crippen LogP contribution in [-0.2, 0) is 6.54 Å². The minimum Gasteiger partial charge on any atom is -0.382 e. The largest absolute Gasteiger partial charge is 0.382 e. The lowest BCUT2D eigenvalue weighted by atomic mass is 10.1. The first-order chi connectivity index (χ1) is 9.74. The average molecular weight is 303 g/mol. The summed E-state index contributed by atoms with van der Waals surface area (Å²) in [6.45, 7) is 2.67. The van der Waals surface area contributed by atoms with Gasteiger partial charge in [-0.3, -0.25) is 4.98 Å². The van der Waals surface area contributed by atoms with Crippen LogP contribution in [0.1, 0.15) is 10.7 Å². The average Bonchev–Trinajstić information content (AvgIpc) is 3.03. The van der Waals surface area contributed by atoms with Gasteiger partial charge in [-0.25, -0.2) is 4.98 Å². The van der Waals surface area contributed by atoms with Crippen molar-refractivity contribution in [1.29, 1.82) is 0 Å². The van der Waals surface area contributed by atoms with Crippen molar-refractivity contribution >= 4 is 33.7 Å². The number of pyridine rings is 1. The van der Waals surface area contributed by atoms with Gasteiger partial charge in [-0.05, 0) is 36.2 Å². The van der Waals surface area contributed by atoms with E-state index < -0.39 is 0 Å². The maximum absolute atomic E-state index is 5.97. The van der Waals surface area contributed by atoms with E-state index in [4.69, 9.17) is 5.73 Å². The second kappa shape index (κ2) is 5.56. The van der Waals surface area contributed by atoms with Crippen molar-refractivity contribution in [2.24, 2.45) is 0 Å². The second-order valence-electron chi connectivity index (χ2n) is 4.22. The molecule has 3 heterocycles. The number of aromatic nitrogens is 3. The van der Waals surface area contributed by atoms with E-state index in [1.165, 1.54) is 11.5 Å². The predicted octanol–water partition coefficient (Wildman–Crippen LogP) is 3.16. The fourth-order valence-electron chi connectivity index (χ4n) is 1.88. The summed E-state index contributed by atoms with van der Waals surface area (Å²) in [6.07, 6.45) is 3.50. The van der Waals surface area contributed by atoms with E-state index in [1.807, 2.05) is 19.1 Å². The molecule has 0 amide bonds. The van der Waals surface area contributed by atoms with Crippen molar-refractivity contribution in [3.05, 3.63) is 40.6 Å². The Balaban J connectivity index is 1.84. The number of hydrogen-bond acceptors (Lipinski definition) is 7. The Kier molecular flexibility index (Phi) is 3.62. The van der Waals surface area contributed by atoms with E-state index >= 15 is 0 Å². The van der Waals surface area contributed by atoms with Crippen molar-refractivity contribution < 1.29 is 0 Å². The third kappa shape index (κ3) is 2.63. The van der Waals surface area contributed by atoms with Gasteiger partial charge in [-0.1, -0.05) is 0 Å². The van der Waals surface area contributed by atoms with Crippen LogP contribution in [0.4, 0.5) is 10.8 Å². The number of nitrogens with one attached hydrogen (secondary N) is 1. The number of thiazole rings is 1. The van der Waals surface area contributed by atoms with E-state index in [0.717, 1.165) is 26.8 Å². The predicted molar refractivity (Wildman–Crippen MR) is 83.9 cm³/mol. The zero-order chi connectivity index (χ0) is 13.9. The van der Waals surface area contributed by atoms with Crippen molar-refractivity contribution in [2.45, 2.75) is 13.5 Å². The Bertz CT molecular complexity index is 705. The van der Waals surface area contributed by atoms with Crippen LogP contribution in [0.3, 0.4) is 0 Å². The van der Waals surface area contributed by atoms with Crippen LogP contribution < -0.4 is 11.1 Å². The monoisotopic (exact) mass is 303 g/mol. The summed E-state index contributed by atoms with van der Waals surface area (Å²) in [5.74, 6) is 0.540. The van der Waals surface area contributed by atoms with Gasteiger partial charge in [0.15, 0.2) is 0 Å². The van der Waals surface area contributed by atoms with Gasteiger partial charge in [0.1, 0.15) is 10.8 Å². The molecule has 0 radical (unpaired) electrons. The topological polar surface area (TPSA) is 76.7 Å². The molecule has 3 aromatic rings. The Hall–Kier alpha value is -1.99. The molecule has 0 aliphatic carbocycles. The highest BCUT2D eigenvalue weighted by atomic mass is 32.1. The molecule has 102 valence electrons. The SMILES string of the molecule is Cc1nc(CNc2snc(N)c2-c2ccncc2)cs1. The maximum atomic E-state index is 5.97. The van der Waals surface area contributed by atoms with E-state index in [-0.39, 0.29) is 0 Å². The summed E-state index contributed by atoms with van der Waals surface area (Å²) in [5.41, 5.74) is 8.95. The standard InChI is InChI=1S/C13H13N5S2/c1-8-17-10(7-19-8)6-16-13-11(12(14)18-20-13)9-2-4-15-5-3-9/h2-5,7,16H,6H2,1H3,(H2,14,18). The highest BCUT2D eigenvalue weighted by molar-refractivity contribution is 7.11. The molecule has 0 saturated heterocycles. The third-order valence-electron chi connectivity index (χ3n) is 2.78. The first-order valence-corrected chi connectivity index (χ1v) is 7.70. The summed E-state index contributed by atoms with van der Waals surface area (Å²) in [5, 5.41) is 7.44. The highest BCUT2D eigenvalue weighted by Crippen LogP contribution is 2.36. The number of aryl methyl sites for hydroxylation is 1. The molecule has 20 heavy (non-hydrogen) atoms. The molecule has 0 spiro atoms. The molecule has 3 N–H and O–H groups in total. The van der Waals surface area contributed by atoms with Gasteiger partial charge in [0.05, 0.1) is 22.8 Å². The van der Waals surface area contributed by atoms with Gasteiger partial charge < -0.3 is 11.1 Å². The van der Waals surface area contributed by atoms with Crippen molar-refractivity contribution in [3.8, 4) is 11.1 Å². The molecule has 3 aromatic heterocycles. The lowest BCUT2D eigenvalue weighted by Gasteiger charge is -2.05. The summed E-state index contributed by atoms with van der Waals surface area (Å²) in [6, 6.07) is 3.86. The molecule has 3 rings (SSSR count). The summed E-state index contributed by atoms with van der Waals surface area (Å²) >= 11 is 3.02. The van der Waals surface area contributed by atoms with Gasteiger partial charge in [0.25, 0.3) is 0 Å². The van der Waals surface area contributed by atoms with Gasteiger partial charge in [-0.2, -0.15) is 4.37 Å². The van der Waals surface area contributed by atoms with Gasteiger partial charge in [0, 0.05) is 17.8 Å². The van der Waals surface area contributed by atoms with Crippen LogP contribution in [0.5, 0.6) is 0 Å². The molecule has 0 aliphatic rings. The molecule has 7 heteroatoms. The molecule has 0 saturated carbocycles. The van der Waals surface area contributed by atoms with Crippen LogP contribution in [0, 0.1) is 6.92 Å². The number of nitrogens with two attached hydrogens (primary N) is 1. The molecule has 0 atom stereocenters. The van der Waals surface area contributed by atoms with Crippen LogP contribution in [-0.4, -0.2) is 14.3 Å². The Morgan fingerprint density at radius 3 is 2.80 bits per heavy atom. The van der Waals surface area contributed by atoms with Crippen LogP contribution >= 0.6 is 22.9 Å². The quantitative estimate of drug-likeness (QED) is 0.774. The Labute approximate surface area is 124 Å². The van der Waals surface area contributed by atoms with Crippen LogP contribution in [0.2, 0.25) is 0 Å². The smallest absolute Gasteiger partial charge is 0.147 e. The first kappa shape index (κ1) is 13.0. The number of rotatable bonds is 4. The minimum atomic E-state index is 0.540. The molecule has 0 fully saturated rings. The maximum Gasteiger partial charge on any atom is 0.147 e. The normalized spacial score (nSPS) is 10.7. The van der Waals surface area contributed by atoms with Crippen molar-refractivity contribution in [1.82, 2.24) is 14.3 Å². The van der Waals surface area contributed by atoms with Gasteiger partial charge in [0.2, 0.25) is 0 Å². The van der Waals surface area contributed by atoms with Gasteiger partial charge in [-0.15, -0.1) is 11.3 Å². The van der Waals surface area contributed by atoms with E-state index in [1.54, 1.807) is 23.7 Å². The zero-order valence-electron chi connectivity index (χ0n) is 10.8. The Morgan fingerprint density at radius 2 is 2.10 bits per heavy atom. The van der Waals surface area contributed by atoms with Crippen LogP contribution in [0.25, 0.3) is 11.1 Å². The zero-order valence-corrected chi connectivity index (χ0v) is 12.5. The number of nitrogen functional groups attached to an aromatic ring is 1. The fraction of sp³-hybridized carbons (Fsp3) is 0.154. The first-order valence-electron chi connectivity index (χ1n) is 6.04. The van der Waals surface area contributed by atoms with E-state index in [0.29, 0.717) is 12.4 Å². The highest BCUT2D eigenvalue weighted by Gasteiger charge is 2.13. The van der Waals surface area contributed by atoms with Crippen molar-refractivity contribution in [2.75, 3.05) is 11.1 Å². The Morgan fingerprint density at radius 1 is 1.30 bits per heavy atom. The number of nitrogens with zero attached hydrogens (tertiary/aromatic N) is 3. The molecular weight excluding hydrogens is 290 g/mol. The molecule has 5 nitrogen and oxygen atoms in total. The fourth-order valence-corrected chi connectivity index (χ4v) is 3.22. The van der Waals surface area contributed by atoms with E-state index in [9.17, 15) is 0 Å². The lowest BCUT2D eigenvalue weighted by Crippen LogP contribution is -2.00. The number of hydrogen-bond donors (Lipinski definition) is 2. The molecule has 0 unspecified atom stereocenters. The molecular formula is C13H13N5S2. The lowest BCUT2D eigenvalue weighted by molar-refractivity contribution is 1.06. The minimum absolute atomic E-state index is 0.540.